The van der Waals surface area contributed by atoms with Crippen LogP contribution >= 0.6 is 0 Å². The van der Waals surface area contributed by atoms with Crippen molar-refractivity contribution >= 4 is 22.8 Å². The van der Waals surface area contributed by atoms with E-state index in [9.17, 15) is 14.7 Å². The highest BCUT2D eigenvalue weighted by atomic mass is 19.1. The number of anilines is 1. The third kappa shape index (κ3) is 5.20. The average Bonchev–Trinajstić information content (AvgIpc) is 2.97. The van der Waals surface area contributed by atoms with Crippen molar-refractivity contribution in [1.82, 2.24) is 24.4 Å². The summed E-state index contributed by atoms with van der Waals surface area (Å²) in [7, 11) is 0. The Hall–Kier alpha value is -4.67. The summed E-state index contributed by atoms with van der Waals surface area (Å²) in [6.07, 6.45) is 2.95. The molecular formula is C33H36F2N6O3. The zero-order valence-corrected chi connectivity index (χ0v) is 25.7. The van der Waals surface area contributed by atoms with Crippen LogP contribution in [0.4, 0.5) is 14.6 Å². The zero-order chi connectivity index (χ0) is 32.0. The van der Waals surface area contributed by atoms with E-state index in [2.05, 4.69) is 21.5 Å². The van der Waals surface area contributed by atoms with Gasteiger partial charge in [-0.2, -0.15) is 4.98 Å². The summed E-state index contributed by atoms with van der Waals surface area (Å²) < 4.78 is 32.4. The number of nitrogens with zero attached hydrogens (tertiary/aromatic N) is 6. The lowest BCUT2D eigenvalue weighted by Gasteiger charge is -2.44. The van der Waals surface area contributed by atoms with E-state index in [0.717, 1.165) is 11.6 Å². The van der Waals surface area contributed by atoms with Gasteiger partial charge in [-0.3, -0.25) is 9.78 Å². The lowest BCUT2D eigenvalue weighted by molar-refractivity contribution is -0.128. The highest BCUT2D eigenvalue weighted by Crippen LogP contribution is 2.38. The molecule has 2 unspecified atom stereocenters. The lowest BCUT2D eigenvalue weighted by atomic mass is 9.97. The summed E-state index contributed by atoms with van der Waals surface area (Å²) in [4.78, 5) is 43.9. The summed E-state index contributed by atoms with van der Waals surface area (Å²) in [5, 5.41) is 10.8. The molecule has 11 heteroatoms. The molecule has 1 aliphatic rings. The zero-order valence-electron chi connectivity index (χ0n) is 25.7. The van der Waals surface area contributed by atoms with Gasteiger partial charge in [0.15, 0.2) is 11.5 Å². The van der Waals surface area contributed by atoms with Gasteiger partial charge < -0.3 is 14.9 Å². The molecule has 0 saturated carbocycles. The number of carbonyl (C=O) groups is 1. The van der Waals surface area contributed by atoms with Gasteiger partial charge in [0.2, 0.25) is 5.91 Å². The third-order valence-corrected chi connectivity index (χ3v) is 8.12. The summed E-state index contributed by atoms with van der Waals surface area (Å²) in [6.45, 7) is 15.9. The maximum Gasteiger partial charge on any atom is 0.355 e. The number of piperazine rings is 1. The fraction of sp³-hybridized carbons (Fsp3) is 0.364. The van der Waals surface area contributed by atoms with Crippen molar-refractivity contribution in [2.24, 2.45) is 0 Å². The molecule has 2 atom stereocenters. The number of rotatable bonds is 6. The van der Waals surface area contributed by atoms with E-state index >= 15 is 8.78 Å². The van der Waals surface area contributed by atoms with Crippen LogP contribution in [-0.2, 0) is 4.79 Å². The van der Waals surface area contributed by atoms with E-state index in [0.29, 0.717) is 24.5 Å². The van der Waals surface area contributed by atoms with Gasteiger partial charge in [0.05, 0.1) is 22.3 Å². The minimum absolute atomic E-state index is 0.0287. The lowest BCUT2D eigenvalue weighted by Crippen LogP contribution is -2.58. The number of hydrogen-bond donors (Lipinski definition) is 1. The number of phenols is 1. The molecule has 1 aromatic carbocycles. The number of carbonyl (C=O) groups excluding carboxylic acids is 1. The number of halogens is 2. The second kappa shape index (κ2) is 11.8. The molecular weight excluding hydrogens is 566 g/mol. The average molecular weight is 603 g/mol. The molecule has 0 radical (unpaired) electrons. The Balaban J connectivity index is 1.88. The second-order valence-electron chi connectivity index (χ2n) is 11.9. The maximum atomic E-state index is 16.0. The number of amides is 1. The van der Waals surface area contributed by atoms with Gasteiger partial charge in [-0.1, -0.05) is 40.3 Å². The van der Waals surface area contributed by atoms with Crippen molar-refractivity contribution in [1.29, 1.82) is 0 Å². The smallest absolute Gasteiger partial charge is 0.355 e. The summed E-state index contributed by atoms with van der Waals surface area (Å²) in [6, 6.07) is 6.11. The largest absolute Gasteiger partial charge is 0.507 e. The number of phenolic OH excluding ortho intramolecular Hbond substituents is 1. The first-order chi connectivity index (χ1) is 20.8. The first-order valence-electron chi connectivity index (χ1n) is 14.7. The Labute approximate surface area is 254 Å². The topological polar surface area (TPSA) is 104 Å². The molecule has 44 heavy (non-hydrogen) atoms. The van der Waals surface area contributed by atoms with Gasteiger partial charge in [-0.15, -0.1) is 0 Å². The van der Waals surface area contributed by atoms with Crippen LogP contribution in [0.3, 0.4) is 0 Å². The van der Waals surface area contributed by atoms with E-state index < -0.39 is 34.3 Å². The molecule has 0 bridgehead atoms. The molecule has 1 saturated heterocycles. The number of pyridine rings is 2. The highest BCUT2D eigenvalue weighted by Gasteiger charge is 2.34. The fourth-order valence-corrected chi connectivity index (χ4v) is 5.91. The third-order valence-electron chi connectivity index (χ3n) is 8.12. The molecule has 1 N–H and O–H groups in total. The maximum absolute atomic E-state index is 16.0. The van der Waals surface area contributed by atoms with Crippen LogP contribution in [0.15, 0.2) is 54.0 Å². The number of aromatic nitrogens is 4. The van der Waals surface area contributed by atoms with Gasteiger partial charge in [-0.25, -0.2) is 23.1 Å². The van der Waals surface area contributed by atoms with Crippen LogP contribution in [0, 0.1) is 11.6 Å². The van der Waals surface area contributed by atoms with Crippen LogP contribution in [0.2, 0.25) is 0 Å². The van der Waals surface area contributed by atoms with Crippen LogP contribution in [0.5, 0.6) is 5.75 Å². The molecule has 4 aromatic rings. The molecule has 0 aliphatic carbocycles. The minimum atomic E-state index is -0.897. The molecule has 9 nitrogen and oxygen atoms in total. The van der Waals surface area contributed by atoms with E-state index in [1.54, 1.807) is 11.1 Å². The van der Waals surface area contributed by atoms with Crippen molar-refractivity contribution in [3.05, 3.63) is 82.6 Å². The van der Waals surface area contributed by atoms with Crippen molar-refractivity contribution in [2.75, 3.05) is 18.0 Å². The molecule has 3 aromatic heterocycles. The molecule has 0 spiro atoms. The predicted molar refractivity (Wildman–Crippen MR) is 166 cm³/mol. The Morgan fingerprint density at radius 2 is 1.77 bits per heavy atom. The van der Waals surface area contributed by atoms with Crippen molar-refractivity contribution in [2.45, 2.75) is 65.5 Å². The molecule has 4 heterocycles. The fourth-order valence-electron chi connectivity index (χ4n) is 5.91. The summed E-state index contributed by atoms with van der Waals surface area (Å²) >= 11 is 0. The van der Waals surface area contributed by atoms with E-state index in [-0.39, 0.29) is 46.7 Å². The number of fused-ring (bicyclic) bond motifs is 1. The quantitative estimate of drug-likeness (QED) is 0.283. The summed E-state index contributed by atoms with van der Waals surface area (Å²) in [5.41, 5.74) is 0.425. The van der Waals surface area contributed by atoms with Crippen molar-refractivity contribution in [3.63, 3.8) is 0 Å². The van der Waals surface area contributed by atoms with Gasteiger partial charge in [0.25, 0.3) is 0 Å². The monoisotopic (exact) mass is 602 g/mol. The standard InChI is InChI=1S/C33H36F2N6O3/c1-8-26(43)39-15-20(7)40(16-19(39)6)31-22-14-24(35)29(27-23(34)10-9-11-25(27)42)37-32(22)41(33(44)38-31)30-21(17(2)3)12-13-36-28(30)18(4)5/h8-14,17-20,42H,1,15-16H2,2-7H3. The van der Waals surface area contributed by atoms with E-state index in [1.165, 1.54) is 28.8 Å². The normalized spacial score (nSPS) is 17.1. The summed E-state index contributed by atoms with van der Waals surface area (Å²) in [5.74, 6) is -2.39. The first-order valence-corrected chi connectivity index (χ1v) is 14.7. The SMILES string of the molecule is C=CC(=O)N1CC(C)N(c2nc(=O)n(-c3c(C(C)C)ccnc3C(C)C)c3nc(-c4c(O)cccc4F)c(F)cc23)CC1C. The van der Waals surface area contributed by atoms with Crippen LogP contribution in [-0.4, -0.2) is 60.6 Å². The molecule has 1 amide bonds. The molecule has 1 fully saturated rings. The molecule has 230 valence electrons. The number of benzene rings is 1. The Morgan fingerprint density at radius 3 is 2.41 bits per heavy atom. The van der Waals surface area contributed by atoms with E-state index in [1.807, 2.05) is 52.5 Å². The predicted octanol–water partition coefficient (Wildman–Crippen LogP) is 5.68. The number of hydrogen-bond acceptors (Lipinski definition) is 7. The minimum Gasteiger partial charge on any atom is -0.507 e. The van der Waals surface area contributed by atoms with Crippen LogP contribution in [0.25, 0.3) is 28.0 Å². The van der Waals surface area contributed by atoms with E-state index in [4.69, 9.17) is 0 Å². The van der Waals surface area contributed by atoms with Gasteiger partial charge >= 0.3 is 5.69 Å². The first kappa shape index (κ1) is 30.8. The van der Waals surface area contributed by atoms with Crippen molar-refractivity contribution < 1.29 is 18.7 Å². The number of aromatic hydroxyl groups is 1. The Bertz CT molecular complexity index is 1790. The highest BCUT2D eigenvalue weighted by molar-refractivity contribution is 5.91. The van der Waals surface area contributed by atoms with Crippen molar-refractivity contribution in [3.8, 4) is 22.7 Å². The molecule has 5 rings (SSSR count). The van der Waals surface area contributed by atoms with Crippen LogP contribution in [0.1, 0.15) is 64.6 Å². The Kier molecular flexibility index (Phi) is 8.24. The van der Waals surface area contributed by atoms with Gasteiger partial charge in [-0.05, 0) is 61.6 Å². The Morgan fingerprint density at radius 1 is 1.05 bits per heavy atom. The van der Waals surface area contributed by atoms with Crippen LogP contribution < -0.4 is 10.6 Å². The van der Waals surface area contributed by atoms with Gasteiger partial charge in [0, 0.05) is 31.4 Å². The second-order valence-corrected chi connectivity index (χ2v) is 11.9. The van der Waals surface area contributed by atoms with Gasteiger partial charge in [0.1, 0.15) is 23.1 Å². The molecule has 1 aliphatic heterocycles.